The minimum Gasteiger partial charge on any atom is -0.481 e. The lowest BCUT2D eigenvalue weighted by Gasteiger charge is -2.23. The van der Waals surface area contributed by atoms with Crippen molar-refractivity contribution < 1.29 is 9.90 Å². The van der Waals surface area contributed by atoms with Gasteiger partial charge in [0.05, 0.1) is 12.0 Å². The highest BCUT2D eigenvalue weighted by molar-refractivity contribution is 5.76. The summed E-state index contributed by atoms with van der Waals surface area (Å²) in [7, 11) is 0. The van der Waals surface area contributed by atoms with Crippen LogP contribution in [0.2, 0.25) is 0 Å². The molecule has 1 aliphatic heterocycles. The Bertz CT molecular complexity index is 712. The number of likely N-dealkylation sites (tertiary alicyclic amines) is 1. The molecular formula is C18H21N3O2. The van der Waals surface area contributed by atoms with Crippen LogP contribution in [0.1, 0.15) is 25.1 Å². The van der Waals surface area contributed by atoms with E-state index in [9.17, 15) is 9.90 Å². The summed E-state index contributed by atoms with van der Waals surface area (Å²) in [5.74, 6) is 0.644. The van der Waals surface area contributed by atoms with Gasteiger partial charge >= 0.3 is 5.97 Å². The number of hydrogen-bond acceptors (Lipinski definition) is 3. The molecule has 2 fully saturated rings. The Morgan fingerprint density at radius 1 is 1.35 bits per heavy atom. The molecule has 0 radical (unpaired) electrons. The van der Waals surface area contributed by atoms with Gasteiger partial charge in [-0.15, -0.1) is 0 Å². The van der Waals surface area contributed by atoms with Gasteiger partial charge in [0.2, 0.25) is 0 Å². The molecule has 2 aromatic rings. The van der Waals surface area contributed by atoms with E-state index in [1.54, 1.807) is 0 Å². The molecule has 1 aromatic heterocycles. The van der Waals surface area contributed by atoms with E-state index >= 15 is 0 Å². The molecule has 23 heavy (non-hydrogen) atoms. The highest BCUT2D eigenvalue weighted by Gasteiger charge is 2.54. The normalized spacial score (nSPS) is 27.2. The number of rotatable bonds is 4. The molecule has 0 amide bonds. The Morgan fingerprint density at radius 2 is 2.17 bits per heavy atom. The van der Waals surface area contributed by atoms with Gasteiger partial charge in [0, 0.05) is 31.2 Å². The maximum Gasteiger partial charge on any atom is 0.311 e. The Labute approximate surface area is 135 Å². The summed E-state index contributed by atoms with van der Waals surface area (Å²) in [6, 6.07) is 10.1. The molecule has 1 saturated heterocycles. The van der Waals surface area contributed by atoms with Crippen molar-refractivity contribution in [2.45, 2.75) is 25.8 Å². The molecule has 2 aliphatic rings. The number of carboxylic acid groups (broad SMARTS) is 1. The van der Waals surface area contributed by atoms with Crippen LogP contribution in [0, 0.1) is 11.3 Å². The third-order valence-corrected chi connectivity index (χ3v) is 5.48. The zero-order valence-electron chi connectivity index (χ0n) is 13.1. The van der Waals surface area contributed by atoms with Gasteiger partial charge in [-0.25, -0.2) is 4.98 Å². The predicted molar refractivity (Wildman–Crippen MR) is 86.3 cm³/mol. The first kappa shape index (κ1) is 14.5. The van der Waals surface area contributed by atoms with Crippen molar-refractivity contribution in [3.05, 3.63) is 48.5 Å². The second-order valence-electron chi connectivity index (χ2n) is 6.77. The van der Waals surface area contributed by atoms with Crippen LogP contribution in [-0.4, -0.2) is 38.6 Å². The molecule has 1 N–H and O–H groups in total. The molecule has 0 unspecified atom stereocenters. The van der Waals surface area contributed by atoms with Crippen LogP contribution >= 0.6 is 0 Å². The van der Waals surface area contributed by atoms with Crippen molar-refractivity contribution in [2.24, 2.45) is 11.3 Å². The summed E-state index contributed by atoms with van der Waals surface area (Å²) in [6.45, 7) is 2.22. The van der Waals surface area contributed by atoms with E-state index in [1.165, 1.54) is 0 Å². The van der Waals surface area contributed by atoms with Crippen molar-refractivity contribution in [3.8, 4) is 5.69 Å². The lowest BCUT2D eigenvalue weighted by molar-refractivity contribution is -0.149. The summed E-state index contributed by atoms with van der Waals surface area (Å²) < 4.78 is 2.08. The largest absolute Gasteiger partial charge is 0.481 e. The van der Waals surface area contributed by atoms with Crippen LogP contribution in [0.4, 0.5) is 0 Å². The molecule has 1 aliphatic carbocycles. The predicted octanol–water partition coefficient (Wildman–Crippen LogP) is 2.56. The molecule has 1 aromatic carbocycles. The van der Waals surface area contributed by atoms with Crippen molar-refractivity contribution in [3.63, 3.8) is 0 Å². The van der Waals surface area contributed by atoms with Gasteiger partial charge in [-0.1, -0.05) is 24.6 Å². The van der Waals surface area contributed by atoms with Crippen molar-refractivity contribution in [1.82, 2.24) is 14.5 Å². The van der Waals surface area contributed by atoms with Crippen LogP contribution < -0.4 is 0 Å². The minimum atomic E-state index is -0.617. The third-order valence-electron chi connectivity index (χ3n) is 5.48. The van der Waals surface area contributed by atoms with E-state index in [2.05, 4.69) is 26.6 Å². The summed E-state index contributed by atoms with van der Waals surface area (Å²) in [5, 5.41) is 9.70. The third kappa shape index (κ3) is 2.36. The van der Waals surface area contributed by atoms with Gasteiger partial charge in [0.15, 0.2) is 0 Å². The number of carboxylic acids is 1. The maximum atomic E-state index is 11.8. The van der Waals surface area contributed by atoms with Crippen molar-refractivity contribution >= 4 is 5.97 Å². The Morgan fingerprint density at radius 3 is 2.91 bits per heavy atom. The number of imidazole rings is 1. The molecular weight excluding hydrogens is 290 g/mol. The van der Waals surface area contributed by atoms with Crippen LogP contribution in [-0.2, 0) is 11.3 Å². The Kier molecular flexibility index (Phi) is 3.45. The quantitative estimate of drug-likeness (QED) is 0.943. The fourth-order valence-electron chi connectivity index (χ4n) is 4.34. The van der Waals surface area contributed by atoms with Crippen LogP contribution in [0.5, 0.6) is 0 Å². The smallest absolute Gasteiger partial charge is 0.311 e. The zero-order valence-corrected chi connectivity index (χ0v) is 13.1. The van der Waals surface area contributed by atoms with Gasteiger partial charge in [0.1, 0.15) is 5.82 Å². The first-order chi connectivity index (χ1) is 11.2. The number of para-hydroxylation sites is 1. The van der Waals surface area contributed by atoms with Crippen LogP contribution in [0.15, 0.2) is 42.7 Å². The van der Waals surface area contributed by atoms with Crippen molar-refractivity contribution in [2.75, 3.05) is 13.1 Å². The summed E-state index contributed by atoms with van der Waals surface area (Å²) in [6.07, 6.45) is 6.68. The number of fused-ring (bicyclic) bond motifs is 1. The van der Waals surface area contributed by atoms with E-state index in [4.69, 9.17) is 0 Å². The van der Waals surface area contributed by atoms with Crippen LogP contribution in [0.3, 0.4) is 0 Å². The van der Waals surface area contributed by atoms with Crippen molar-refractivity contribution in [1.29, 1.82) is 0 Å². The lowest BCUT2D eigenvalue weighted by Crippen LogP contribution is -2.35. The molecule has 4 rings (SSSR count). The molecule has 5 heteroatoms. The lowest BCUT2D eigenvalue weighted by atomic mass is 9.81. The fraction of sp³-hybridized carbons (Fsp3) is 0.444. The van der Waals surface area contributed by atoms with E-state index < -0.39 is 11.4 Å². The molecule has 0 spiro atoms. The number of aromatic nitrogens is 2. The monoisotopic (exact) mass is 311 g/mol. The van der Waals surface area contributed by atoms with E-state index in [0.29, 0.717) is 19.0 Å². The van der Waals surface area contributed by atoms with Crippen LogP contribution in [0.25, 0.3) is 5.69 Å². The fourth-order valence-corrected chi connectivity index (χ4v) is 4.34. The standard InChI is InChI=1S/C18H21N3O2/c22-17(23)18-8-4-5-14(18)11-20(13-18)12-16-19-9-10-21(16)15-6-2-1-3-7-15/h1-3,6-7,9-10,14H,4-5,8,11-13H2,(H,22,23)/t14-,18+/m0/s1. The first-order valence-corrected chi connectivity index (χ1v) is 8.22. The number of aliphatic carboxylic acids is 1. The molecule has 5 nitrogen and oxygen atoms in total. The molecule has 2 heterocycles. The molecule has 120 valence electrons. The number of nitrogens with zero attached hydrogens (tertiary/aromatic N) is 3. The number of benzene rings is 1. The van der Waals surface area contributed by atoms with Gasteiger partial charge < -0.3 is 9.67 Å². The summed E-state index contributed by atoms with van der Waals surface area (Å²) in [4.78, 5) is 18.5. The number of hydrogen-bond donors (Lipinski definition) is 1. The minimum absolute atomic E-state index is 0.292. The summed E-state index contributed by atoms with van der Waals surface area (Å²) >= 11 is 0. The maximum absolute atomic E-state index is 11.8. The Hall–Kier alpha value is -2.14. The topological polar surface area (TPSA) is 58.4 Å². The molecule has 1 saturated carbocycles. The van der Waals surface area contributed by atoms with E-state index in [-0.39, 0.29) is 0 Å². The average molecular weight is 311 g/mol. The highest BCUT2D eigenvalue weighted by Crippen LogP contribution is 2.49. The van der Waals surface area contributed by atoms with Gasteiger partial charge in [-0.05, 0) is 30.9 Å². The molecule has 2 atom stereocenters. The first-order valence-electron chi connectivity index (χ1n) is 8.22. The zero-order chi connectivity index (χ0) is 15.9. The number of carbonyl (C=O) groups is 1. The summed E-state index contributed by atoms with van der Waals surface area (Å²) in [5.41, 5.74) is 0.566. The van der Waals surface area contributed by atoms with E-state index in [0.717, 1.165) is 37.3 Å². The van der Waals surface area contributed by atoms with Gasteiger partial charge in [-0.3, -0.25) is 9.69 Å². The van der Waals surface area contributed by atoms with Gasteiger partial charge in [0.25, 0.3) is 0 Å². The second kappa shape index (κ2) is 5.49. The molecule has 0 bridgehead atoms. The van der Waals surface area contributed by atoms with E-state index in [1.807, 2.05) is 30.6 Å². The average Bonchev–Trinajstić information content (AvgIpc) is 3.22. The van der Waals surface area contributed by atoms with Gasteiger partial charge in [-0.2, -0.15) is 0 Å². The SMILES string of the molecule is O=C(O)[C@@]12CCC[C@H]1CN(Cc1nccn1-c1ccccc1)C2. The highest BCUT2D eigenvalue weighted by atomic mass is 16.4. The second-order valence-corrected chi connectivity index (χ2v) is 6.77. The Balaban J connectivity index is 1.55.